The Morgan fingerprint density at radius 3 is 2.35 bits per heavy atom. The minimum atomic E-state index is -1.17. The fourth-order valence-electron chi connectivity index (χ4n) is 12.3. The third-order valence-corrected chi connectivity index (χ3v) is 15.0. The van der Waals surface area contributed by atoms with Crippen molar-refractivity contribution in [2.24, 2.45) is 57.8 Å². The molecule has 4 saturated carbocycles. The van der Waals surface area contributed by atoms with Gasteiger partial charge in [-0.3, -0.25) is 23.9 Å². The number of amides is 1. The van der Waals surface area contributed by atoms with Gasteiger partial charge in [0.15, 0.2) is 0 Å². The van der Waals surface area contributed by atoms with Gasteiger partial charge in [0.1, 0.15) is 17.6 Å². The normalized spacial score (nSPS) is 38.3. The SMILES string of the molecule is CC(C)C1C(=O)C[C@]2(NC(=O)c3ccn(C)n3)CC[C@]3(C)C(=C12)CC[C@@H]1[C@@]2(C)CC[C@H](OC(=O)CC(C)(C)C(=O)O)C(C)(C)[C@@H]2CC[C@]13C. The van der Waals surface area contributed by atoms with Crippen LogP contribution in [0.15, 0.2) is 23.4 Å². The molecule has 0 radical (unpaired) electrons. The molecule has 6 rings (SSSR count). The van der Waals surface area contributed by atoms with Crippen molar-refractivity contribution in [3.8, 4) is 0 Å². The number of carboxylic acids is 1. The van der Waals surface area contributed by atoms with Crippen LogP contribution in [0.4, 0.5) is 0 Å². The van der Waals surface area contributed by atoms with Crippen LogP contribution in [0.3, 0.4) is 0 Å². The largest absolute Gasteiger partial charge is 0.481 e. The molecular weight excluding hydrogens is 618 g/mol. The molecule has 1 unspecified atom stereocenters. The van der Waals surface area contributed by atoms with Crippen LogP contribution in [-0.4, -0.2) is 50.2 Å². The molecule has 0 spiro atoms. The summed E-state index contributed by atoms with van der Waals surface area (Å²) in [5.74, 6) is -0.630. The fraction of sp³-hybridized carbons (Fsp3) is 0.775. The van der Waals surface area contributed by atoms with E-state index in [4.69, 9.17) is 4.74 Å². The molecule has 1 heterocycles. The van der Waals surface area contributed by atoms with Gasteiger partial charge in [-0.1, -0.05) is 54.0 Å². The number of carboxylic acid groups (broad SMARTS) is 1. The van der Waals surface area contributed by atoms with E-state index in [9.17, 15) is 24.3 Å². The Morgan fingerprint density at radius 2 is 1.73 bits per heavy atom. The van der Waals surface area contributed by atoms with Gasteiger partial charge in [-0.2, -0.15) is 5.10 Å². The standard InChI is InChI=1S/C40H59N3O6/c1-23(2)31-26(44)21-40(41-33(46)25-15-20-43(10)42-25)19-18-38(8)24(32(31)40)11-12-28-37(7)16-14-29(49-30(45)22-35(3,4)34(47)48)36(5,6)27(37)13-17-39(28,38)9/h15,20,23,27-29,31H,11-14,16-19,21-22H2,1-10H3,(H,41,46)(H,47,48)/t27-,28+,29-,31?,37-,38+,39+,40+/m0/s1. The van der Waals surface area contributed by atoms with Crippen LogP contribution >= 0.6 is 0 Å². The zero-order valence-electron chi connectivity index (χ0n) is 31.5. The number of nitrogens with one attached hydrogen (secondary N) is 1. The van der Waals surface area contributed by atoms with Crippen LogP contribution in [-0.2, 0) is 26.2 Å². The predicted octanol–water partition coefficient (Wildman–Crippen LogP) is 7.30. The van der Waals surface area contributed by atoms with E-state index in [1.807, 2.05) is 0 Å². The average Bonchev–Trinajstić information content (AvgIpc) is 3.55. The molecule has 0 aromatic carbocycles. The lowest BCUT2D eigenvalue weighted by atomic mass is 9.34. The Morgan fingerprint density at radius 1 is 1.04 bits per heavy atom. The van der Waals surface area contributed by atoms with Crippen molar-refractivity contribution in [2.45, 2.75) is 138 Å². The van der Waals surface area contributed by atoms with Crippen molar-refractivity contribution in [1.29, 1.82) is 0 Å². The number of fused-ring (bicyclic) bond motifs is 6. The van der Waals surface area contributed by atoms with Crippen LogP contribution < -0.4 is 5.32 Å². The van der Waals surface area contributed by atoms with Crippen molar-refractivity contribution in [2.75, 3.05) is 0 Å². The molecule has 1 aromatic heterocycles. The second-order valence-corrected chi connectivity index (χ2v) is 18.8. The van der Waals surface area contributed by atoms with Crippen LogP contribution in [0.2, 0.25) is 0 Å². The number of aromatic nitrogens is 2. The van der Waals surface area contributed by atoms with E-state index in [0.29, 0.717) is 24.0 Å². The van der Waals surface area contributed by atoms with Gasteiger partial charge in [0, 0.05) is 31.0 Å². The highest BCUT2D eigenvalue weighted by Crippen LogP contribution is 2.75. The number of esters is 1. The first-order valence-electron chi connectivity index (χ1n) is 18.6. The number of rotatable bonds is 7. The van der Waals surface area contributed by atoms with E-state index in [1.165, 1.54) is 11.1 Å². The maximum absolute atomic E-state index is 13.9. The number of carbonyl (C=O) groups is 4. The predicted molar refractivity (Wildman–Crippen MR) is 186 cm³/mol. The molecule has 270 valence electrons. The Hall–Kier alpha value is -2.97. The fourth-order valence-corrected chi connectivity index (χ4v) is 12.3. The van der Waals surface area contributed by atoms with Crippen molar-refractivity contribution in [3.05, 3.63) is 29.1 Å². The molecule has 4 fully saturated rings. The number of ether oxygens (including phenoxy) is 1. The molecule has 0 bridgehead atoms. The molecule has 8 atom stereocenters. The lowest BCUT2D eigenvalue weighted by Crippen LogP contribution is -2.65. The van der Waals surface area contributed by atoms with Crippen LogP contribution in [0.5, 0.6) is 0 Å². The van der Waals surface area contributed by atoms with Crippen LogP contribution in [0.25, 0.3) is 0 Å². The lowest BCUT2D eigenvalue weighted by Gasteiger charge is -2.70. The summed E-state index contributed by atoms with van der Waals surface area (Å²) < 4.78 is 7.78. The molecule has 49 heavy (non-hydrogen) atoms. The van der Waals surface area contributed by atoms with E-state index < -0.39 is 22.9 Å². The lowest BCUT2D eigenvalue weighted by molar-refractivity contribution is -0.214. The minimum Gasteiger partial charge on any atom is -0.481 e. The van der Waals surface area contributed by atoms with E-state index in [0.717, 1.165) is 51.4 Å². The maximum Gasteiger partial charge on any atom is 0.309 e. The summed E-state index contributed by atoms with van der Waals surface area (Å²) in [6.45, 7) is 19.4. The Bertz CT molecular complexity index is 1600. The third-order valence-electron chi connectivity index (χ3n) is 15.0. The summed E-state index contributed by atoms with van der Waals surface area (Å²) in [5.41, 5.74) is 0.869. The summed E-state index contributed by atoms with van der Waals surface area (Å²) in [6.07, 6.45) is 9.16. The van der Waals surface area contributed by atoms with Gasteiger partial charge in [-0.25, -0.2) is 0 Å². The number of carbonyl (C=O) groups excluding carboxylic acids is 3. The summed E-state index contributed by atoms with van der Waals surface area (Å²) in [7, 11) is 1.81. The highest BCUT2D eigenvalue weighted by Gasteiger charge is 2.69. The Labute approximate surface area is 292 Å². The molecule has 5 aliphatic carbocycles. The van der Waals surface area contributed by atoms with Gasteiger partial charge in [0.25, 0.3) is 5.91 Å². The number of aryl methyl sites for hydroxylation is 1. The average molecular weight is 678 g/mol. The van der Waals surface area contributed by atoms with Crippen LogP contribution in [0, 0.1) is 50.7 Å². The van der Waals surface area contributed by atoms with E-state index in [2.05, 4.69) is 58.9 Å². The smallest absolute Gasteiger partial charge is 0.309 e. The van der Waals surface area contributed by atoms with Gasteiger partial charge in [-0.15, -0.1) is 0 Å². The topological polar surface area (TPSA) is 128 Å². The number of allylic oxidation sites excluding steroid dienone is 1. The molecule has 0 aliphatic heterocycles. The Kier molecular flexibility index (Phi) is 8.43. The maximum atomic E-state index is 13.9. The number of aliphatic carboxylic acids is 1. The summed E-state index contributed by atoms with van der Waals surface area (Å²) in [4.78, 5) is 52.3. The van der Waals surface area contributed by atoms with Crippen molar-refractivity contribution < 1.29 is 29.0 Å². The monoisotopic (exact) mass is 677 g/mol. The highest BCUT2D eigenvalue weighted by atomic mass is 16.5. The van der Waals surface area contributed by atoms with Gasteiger partial charge >= 0.3 is 11.9 Å². The van der Waals surface area contributed by atoms with Gasteiger partial charge in [-0.05, 0) is 111 Å². The van der Waals surface area contributed by atoms with Crippen molar-refractivity contribution in [1.82, 2.24) is 15.1 Å². The van der Waals surface area contributed by atoms with E-state index in [-0.39, 0.29) is 57.7 Å². The molecule has 1 aromatic rings. The molecule has 9 nitrogen and oxygen atoms in total. The number of hydrogen-bond acceptors (Lipinski definition) is 6. The first-order valence-corrected chi connectivity index (χ1v) is 18.6. The second-order valence-electron chi connectivity index (χ2n) is 18.8. The number of nitrogens with zero attached hydrogens (tertiary/aromatic N) is 2. The zero-order chi connectivity index (χ0) is 36.1. The quantitative estimate of drug-likeness (QED) is 0.229. The first kappa shape index (κ1) is 35.8. The molecule has 1 amide bonds. The second kappa shape index (κ2) is 11.5. The van der Waals surface area contributed by atoms with E-state index in [1.54, 1.807) is 37.8 Å². The van der Waals surface area contributed by atoms with Gasteiger partial charge < -0.3 is 15.2 Å². The number of ketones is 1. The minimum absolute atomic E-state index is 0.00819. The number of Topliss-reactive ketones (excluding diaryl/α,β-unsaturated/α-hetero) is 1. The molecule has 0 saturated heterocycles. The van der Waals surface area contributed by atoms with Gasteiger partial charge in [0.05, 0.1) is 17.4 Å². The highest BCUT2D eigenvalue weighted by molar-refractivity contribution is 5.97. The first-order chi connectivity index (χ1) is 22.6. The summed E-state index contributed by atoms with van der Waals surface area (Å²) in [6, 6.07) is 1.74. The molecule has 2 N–H and O–H groups in total. The van der Waals surface area contributed by atoms with Crippen molar-refractivity contribution in [3.63, 3.8) is 0 Å². The summed E-state index contributed by atoms with van der Waals surface area (Å²) in [5, 5.41) is 17.4. The summed E-state index contributed by atoms with van der Waals surface area (Å²) >= 11 is 0. The van der Waals surface area contributed by atoms with Gasteiger partial charge in [0.2, 0.25) is 0 Å². The Balaban J connectivity index is 1.33. The molecule has 5 aliphatic rings. The molecule has 9 heteroatoms. The molecular formula is C40H59N3O6. The van der Waals surface area contributed by atoms with Crippen molar-refractivity contribution >= 4 is 23.6 Å². The van der Waals surface area contributed by atoms with E-state index >= 15 is 0 Å². The van der Waals surface area contributed by atoms with Crippen LogP contribution in [0.1, 0.15) is 137 Å². The zero-order valence-corrected chi connectivity index (χ0v) is 31.5. The number of hydrogen-bond donors (Lipinski definition) is 2. The third kappa shape index (κ3) is 5.25.